The highest BCUT2D eigenvalue weighted by atomic mass is 35.5. The molecule has 0 unspecified atom stereocenters. The van der Waals surface area contributed by atoms with Gasteiger partial charge in [-0.25, -0.2) is 0 Å². The first kappa shape index (κ1) is 13.7. The van der Waals surface area contributed by atoms with Gasteiger partial charge in [0.05, 0.1) is 29.0 Å². The standard InChI is InChI=1S/C12H14ClN5OS/c13-8-1-2-9-12(17-20-16-9)11(8)15-10(19)7-18-5-3-14-4-6-18/h1-2,14H,3-7H2,(H,15,19). The lowest BCUT2D eigenvalue weighted by Gasteiger charge is -2.26. The van der Waals surface area contributed by atoms with Gasteiger partial charge in [0.25, 0.3) is 0 Å². The second-order valence-electron chi connectivity index (χ2n) is 4.63. The highest BCUT2D eigenvalue weighted by Gasteiger charge is 2.16. The van der Waals surface area contributed by atoms with Gasteiger partial charge in [-0.15, -0.1) is 0 Å². The van der Waals surface area contributed by atoms with Gasteiger partial charge in [0.2, 0.25) is 5.91 Å². The zero-order valence-electron chi connectivity index (χ0n) is 10.7. The smallest absolute Gasteiger partial charge is 0.238 e. The zero-order valence-corrected chi connectivity index (χ0v) is 12.3. The van der Waals surface area contributed by atoms with E-state index in [-0.39, 0.29) is 5.91 Å². The lowest BCUT2D eigenvalue weighted by Crippen LogP contribution is -2.46. The van der Waals surface area contributed by atoms with Crippen LogP contribution in [-0.2, 0) is 4.79 Å². The van der Waals surface area contributed by atoms with Gasteiger partial charge in [0, 0.05) is 26.2 Å². The van der Waals surface area contributed by atoms with Crippen LogP contribution >= 0.6 is 23.3 Å². The summed E-state index contributed by atoms with van der Waals surface area (Å²) >= 11 is 7.26. The van der Waals surface area contributed by atoms with E-state index in [4.69, 9.17) is 11.6 Å². The Morgan fingerprint density at radius 3 is 3.00 bits per heavy atom. The van der Waals surface area contributed by atoms with Crippen molar-refractivity contribution in [3.8, 4) is 0 Å². The monoisotopic (exact) mass is 311 g/mol. The second kappa shape index (κ2) is 6.01. The van der Waals surface area contributed by atoms with E-state index in [0.29, 0.717) is 22.8 Å². The molecule has 1 amide bonds. The molecule has 3 rings (SSSR count). The van der Waals surface area contributed by atoms with E-state index in [0.717, 1.165) is 43.4 Å². The summed E-state index contributed by atoms with van der Waals surface area (Å²) in [6, 6.07) is 3.53. The number of hydrogen-bond donors (Lipinski definition) is 2. The molecule has 1 aromatic carbocycles. The maximum absolute atomic E-state index is 12.1. The van der Waals surface area contributed by atoms with Gasteiger partial charge in [-0.1, -0.05) is 11.6 Å². The molecule has 1 saturated heterocycles. The number of piperazine rings is 1. The number of fused-ring (bicyclic) bond motifs is 1. The molecule has 106 valence electrons. The third-order valence-corrected chi connectivity index (χ3v) is 4.08. The molecule has 0 spiro atoms. The van der Waals surface area contributed by atoms with Crippen LogP contribution in [0.3, 0.4) is 0 Å². The molecule has 1 aliphatic heterocycles. The van der Waals surface area contributed by atoms with Gasteiger partial charge in [-0.2, -0.15) is 8.75 Å². The fourth-order valence-corrected chi connectivity index (χ4v) is 2.94. The number of carbonyl (C=O) groups excluding carboxylic acids is 1. The predicted molar refractivity (Wildman–Crippen MR) is 80.4 cm³/mol. The SMILES string of the molecule is O=C(CN1CCNCC1)Nc1c(Cl)ccc2nsnc12. The summed E-state index contributed by atoms with van der Waals surface area (Å²) in [6.45, 7) is 3.96. The van der Waals surface area contributed by atoms with Crippen molar-refractivity contribution in [1.29, 1.82) is 0 Å². The van der Waals surface area contributed by atoms with E-state index in [1.54, 1.807) is 12.1 Å². The molecule has 1 fully saturated rings. The fraction of sp³-hybridized carbons (Fsp3) is 0.417. The number of hydrogen-bond acceptors (Lipinski definition) is 6. The molecule has 1 aromatic heterocycles. The Kier molecular flexibility index (Phi) is 4.11. The summed E-state index contributed by atoms with van der Waals surface area (Å²) in [4.78, 5) is 14.2. The number of amides is 1. The van der Waals surface area contributed by atoms with Crippen molar-refractivity contribution >= 4 is 46.0 Å². The van der Waals surface area contributed by atoms with Gasteiger partial charge >= 0.3 is 0 Å². The van der Waals surface area contributed by atoms with Crippen LogP contribution in [0.2, 0.25) is 5.02 Å². The van der Waals surface area contributed by atoms with Crippen molar-refractivity contribution in [1.82, 2.24) is 19.0 Å². The van der Waals surface area contributed by atoms with Crippen LogP contribution in [0.25, 0.3) is 11.0 Å². The molecule has 2 N–H and O–H groups in total. The predicted octanol–water partition coefficient (Wildman–Crippen LogP) is 1.19. The summed E-state index contributed by atoms with van der Waals surface area (Å²) in [5.74, 6) is -0.0747. The van der Waals surface area contributed by atoms with Crippen LogP contribution in [-0.4, -0.2) is 52.3 Å². The van der Waals surface area contributed by atoms with Crippen LogP contribution < -0.4 is 10.6 Å². The van der Waals surface area contributed by atoms with Crippen molar-refractivity contribution in [3.05, 3.63) is 17.2 Å². The Bertz CT molecular complexity index is 625. The summed E-state index contributed by atoms with van der Waals surface area (Å²) in [5, 5.41) is 6.60. The van der Waals surface area contributed by atoms with E-state index in [2.05, 4.69) is 24.3 Å². The normalized spacial score (nSPS) is 16.4. The number of nitrogens with one attached hydrogen (secondary N) is 2. The lowest BCUT2D eigenvalue weighted by molar-refractivity contribution is -0.117. The minimum Gasteiger partial charge on any atom is -0.322 e. The topological polar surface area (TPSA) is 70.2 Å². The Morgan fingerprint density at radius 2 is 2.20 bits per heavy atom. The van der Waals surface area contributed by atoms with E-state index in [9.17, 15) is 4.79 Å². The quantitative estimate of drug-likeness (QED) is 0.891. The van der Waals surface area contributed by atoms with Crippen molar-refractivity contribution < 1.29 is 4.79 Å². The van der Waals surface area contributed by atoms with Crippen LogP contribution in [0.5, 0.6) is 0 Å². The molecular weight excluding hydrogens is 298 g/mol. The van der Waals surface area contributed by atoms with Crippen LogP contribution in [0.15, 0.2) is 12.1 Å². The average molecular weight is 312 g/mol. The number of rotatable bonds is 3. The molecule has 0 radical (unpaired) electrons. The summed E-state index contributed by atoms with van der Waals surface area (Å²) in [6.07, 6.45) is 0. The summed E-state index contributed by atoms with van der Waals surface area (Å²) < 4.78 is 8.33. The van der Waals surface area contributed by atoms with Gasteiger partial charge in [-0.05, 0) is 12.1 Å². The largest absolute Gasteiger partial charge is 0.322 e. The number of aromatic nitrogens is 2. The second-order valence-corrected chi connectivity index (χ2v) is 5.56. The first-order valence-electron chi connectivity index (χ1n) is 6.38. The van der Waals surface area contributed by atoms with Crippen molar-refractivity contribution in [2.75, 3.05) is 38.0 Å². The maximum atomic E-state index is 12.1. The van der Waals surface area contributed by atoms with Crippen LogP contribution in [0.1, 0.15) is 0 Å². The molecule has 0 aliphatic carbocycles. The van der Waals surface area contributed by atoms with Gasteiger partial charge in [0.1, 0.15) is 11.0 Å². The summed E-state index contributed by atoms with van der Waals surface area (Å²) in [7, 11) is 0. The third-order valence-electron chi connectivity index (χ3n) is 3.22. The van der Waals surface area contributed by atoms with Crippen molar-refractivity contribution in [2.24, 2.45) is 0 Å². The average Bonchev–Trinajstić information content (AvgIpc) is 2.92. The third kappa shape index (κ3) is 2.90. The van der Waals surface area contributed by atoms with E-state index in [1.165, 1.54) is 0 Å². The molecule has 2 aromatic rings. The van der Waals surface area contributed by atoms with Crippen LogP contribution in [0.4, 0.5) is 5.69 Å². The number of halogens is 1. The van der Waals surface area contributed by atoms with E-state index in [1.807, 2.05) is 0 Å². The van der Waals surface area contributed by atoms with Crippen LogP contribution in [0, 0.1) is 0 Å². The summed E-state index contributed by atoms with van der Waals surface area (Å²) in [5.41, 5.74) is 1.95. The molecule has 8 heteroatoms. The first-order valence-corrected chi connectivity index (χ1v) is 7.48. The van der Waals surface area contributed by atoms with Crippen molar-refractivity contribution in [2.45, 2.75) is 0 Å². The number of nitrogens with zero attached hydrogens (tertiary/aromatic N) is 3. The number of carbonyl (C=O) groups is 1. The molecule has 0 atom stereocenters. The lowest BCUT2D eigenvalue weighted by atomic mass is 10.2. The maximum Gasteiger partial charge on any atom is 0.238 e. The Hall–Kier alpha value is -1.28. The highest BCUT2D eigenvalue weighted by Crippen LogP contribution is 2.29. The first-order chi connectivity index (χ1) is 9.74. The van der Waals surface area contributed by atoms with Gasteiger partial charge < -0.3 is 10.6 Å². The molecule has 20 heavy (non-hydrogen) atoms. The van der Waals surface area contributed by atoms with E-state index < -0.39 is 0 Å². The molecule has 1 aliphatic rings. The minimum atomic E-state index is -0.0747. The molecule has 6 nitrogen and oxygen atoms in total. The Balaban J connectivity index is 1.73. The highest BCUT2D eigenvalue weighted by molar-refractivity contribution is 7.00. The molecule has 2 heterocycles. The fourth-order valence-electron chi connectivity index (χ4n) is 2.20. The van der Waals surface area contributed by atoms with E-state index >= 15 is 0 Å². The molecule has 0 bridgehead atoms. The Labute approximate surface area is 125 Å². The zero-order chi connectivity index (χ0) is 13.9. The van der Waals surface area contributed by atoms with Crippen molar-refractivity contribution in [3.63, 3.8) is 0 Å². The number of benzene rings is 1. The van der Waals surface area contributed by atoms with Gasteiger partial charge in [0.15, 0.2) is 0 Å². The molecule has 0 saturated carbocycles. The Morgan fingerprint density at radius 1 is 1.40 bits per heavy atom. The minimum absolute atomic E-state index is 0.0747. The van der Waals surface area contributed by atoms with Gasteiger partial charge in [-0.3, -0.25) is 9.69 Å². The molecular formula is C12H14ClN5OS. The number of anilines is 1.